The van der Waals surface area contributed by atoms with E-state index in [2.05, 4.69) is 4.72 Å². The molecule has 0 radical (unpaired) electrons. The molecule has 0 aliphatic carbocycles. The Labute approximate surface area is 159 Å². The van der Waals surface area contributed by atoms with Gasteiger partial charge < -0.3 is 0 Å². The molecule has 0 unspecified atom stereocenters. The Bertz CT molecular complexity index is 1050. The van der Waals surface area contributed by atoms with Gasteiger partial charge in [-0.25, -0.2) is 21.2 Å². The van der Waals surface area contributed by atoms with Gasteiger partial charge in [-0.2, -0.15) is 0 Å². The normalized spacial score (nSPS) is 14.7. The second-order valence-electron chi connectivity index (χ2n) is 6.40. The molecule has 2 aromatic carbocycles. The number of sulfonamides is 2. The molecule has 1 N–H and O–H groups in total. The minimum absolute atomic E-state index is 0.0334. The van der Waals surface area contributed by atoms with Crippen LogP contribution in [0.15, 0.2) is 47.4 Å². The summed E-state index contributed by atoms with van der Waals surface area (Å²) in [5.41, 5.74) is 1.58. The predicted octanol–water partition coefficient (Wildman–Crippen LogP) is 3.12. The zero-order chi connectivity index (χ0) is 19.7. The fraction of sp³-hybridized carbons (Fsp3) is 0.333. The lowest BCUT2D eigenvalue weighted by molar-refractivity contribution is 0.585. The monoisotopic (exact) mass is 412 g/mol. The first-order valence-electron chi connectivity index (χ1n) is 8.65. The highest BCUT2D eigenvalue weighted by Gasteiger charge is 2.27. The van der Waals surface area contributed by atoms with Gasteiger partial charge in [-0.3, -0.25) is 9.03 Å². The van der Waals surface area contributed by atoms with Crippen LogP contribution >= 0.6 is 0 Å². The summed E-state index contributed by atoms with van der Waals surface area (Å²) in [6, 6.07) is 9.54. The van der Waals surface area contributed by atoms with Gasteiger partial charge in [0.1, 0.15) is 5.82 Å². The maximum atomic E-state index is 13.4. The van der Waals surface area contributed by atoms with E-state index in [0.29, 0.717) is 25.1 Å². The van der Waals surface area contributed by atoms with E-state index in [0.717, 1.165) is 24.1 Å². The van der Waals surface area contributed by atoms with Gasteiger partial charge >= 0.3 is 0 Å². The average molecular weight is 413 g/mol. The molecule has 9 heteroatoms. The van der Waals surface area contributed by atoms with E-state index in [4.69, 9.17) is 0 Å². The molecule has 27 heavy (non-hydrogen) atoms. The summed E-state index contributed by atoms with van der Waals surface area (Å²) in [5.74, 6) is -0.619. The average Bonchev–Trinajstić information content (AvgIpc) is 2.60. The van der Waals surface area contributed by atoms with Crippen LogP contribution in [0, 0.1) is 5.82 Å². The molecule has 2 aromatic rings. The standard InChI is InChI=1S/C18H21FN2O4S2/c1-2-11-26(22,23)21-10-4-5-14-8-9-16(13-18(14)21)20-27(24,25)17-7-3-6-15(19)12-17/h3,6-9,12-13,20H,2,4-5,10-11H2,1H3. The maximum absolute atomic E-state index is 13.4. The largest absolute Gasteiger partial charge is 0.280 e. The van der Waals surface area contributed by atoms with Gasteiger partial charge in [-0.15, -0.1) is 0 Å². The van der Waals surface area contributed by atoms with E-state index < -0.39 is 25.9 Å². The molecule has 3 rings (SSSR count). The molecule has 6 nitrogen and oxygen atoms in total. The number of fused-ring (bicyclic) bond motifs is 1. The number of anilines is 2. The van der Waals surface area contributed by atoms with Crippen LogP contribution in [0.1, 0.15) is 25.3 Å². The van der Waals surface area contributed by atoms with Crippen molar-refractivity contribution in [2.45, 2.75) is 31.1 Å². The summed E-state index contributed by atoms with van der Waals surface area (Å²) in [7, 11) is -7.44. The fourth-order valence-electron chi connectivity index (χ4n) is 3.11. The predicted molar refractivity (Wildman–Crippen MR) is 103 cm³/mol. The first-order valence-corrected chi connectivity index (χ1v) is 11.7. The lowest BCUT2D eigenvalue weighted by Gasteiger charge is -2.31. The summed E-state index contributed by atoms with van der Waals surface area (Å²) in [4.78, 5) is -0.198. The van der Waals surface area contributed by atoms with Gasteiger partial charge in [-0.05, 0) is 55.2 Å². The van der Waals surface area contributed by atoms with Crippen LogP contribution in [-0.2, 0) is 26.5 Å². The van der Waals surface area contributed by atoms with Crippen molar-refractivity contribution in [3.05, 3.63) is 53.8 Å². The lowest BCUT2D eigenvalue weighted by atomic mass is 10.0. The second-order valence-corrected chi connectivity index (χ2v) is 10.1. The second kappa shape index (κ2) is 7.47. The molecular formula is C18H21FN2O4S2. The molecule has 0 fully saturated rings. The molecular weight excluding hydrogens is 391 g/mol. The van der Waals surface area contributed by atoms with Gasteiger partial charge in [0.05, 0.1) is 22.0 Å². The van der Waals surface area contributed by atoms with Crippen LogP contribution in [-0.4, -0.2) is 29.1 Å². The first kappa shape index (κ1) is 19.6. The molecule has 0 bridgehead atoms. The Hall–Kier alpha value is -2.13. The third kappa shape index (κ3) is 4.24. The highest BCUT2D eigenvalue weighted by atomic mass is 32.2. The van der Waals surface area contributed by atoms with Crippen LogP contribution in [0.4, 0.5) is 15.8 Å². The van der Waals surface area contributed by atoms with Gasteiger partial charge in [0, 0.05) is 6.54 Å². The first-order chi connectivity index (χ1) is 12.7. The molecule has 1 aliphatic heterocycles. The number of nitrogens with zero attached hydrogens (tertiary/aromatic N) is 1. The molecule has 0 aromatic heterocycles. The van der Waals surface area contributed by atoms with Crippen molar-refractivity contribution in [2.75, 3.05) is 21.3 Å². The van der Waals surface area contributed by atoms with Crippen LogP contribution in [0.3, 0.4) is 0 Å². The SMILES string of the molecule is CCCS(=O)(=O)N1CCCc2ccc(NS(=O)(=O)c3cccc(F)c3)cc21. The number of hydrogen-bond acceptors (Lipinski definition) is 4. The lowest BCUT2D eigenvalue weighted by Crippen LogP contribution is -2.37. The Morgan fingerprint density at radius 3 is 2.59 bits per heavy atom. The smallest absolute Gasteiger partial charge is 0.261 e. The van der Waals surface area contributed by atoms with Crippen molar-refractivity contribution >= 4 is 31.4 Å². The molecule has 0 amide bonds. The van der Waals surface area contributed by atoms with Crippen molar-refractivity contribution < 1.29 is 21.2 Å². The summed E-state index contributed by atoms with van der Waals surface area (Å²) in [6.45, 7) is 2.17. The van der Waals surface area contributed by atoms with E-state index in [9.17, 15) is 21.2 Å². The Kier molecular flexibility index (Phi) is 5.43. The zero-order valence-corrected chi connectivity index (χ0v) is 16.5. The minimum Gasteiger partial charge on any atom is -0.280 e. The van der Waals surface area contributed by atoms with Crippen molar-refractivity contribution in [3.63, 3.8) is 0 Å². The molecule has 1 aliphatic rings. The van der Waals surface area contributed by atoms with Gasteiger partial charge in [0.2, 0.25) is 10.0 Å². The summed E-state index contributed by atoms with van der Waals surface area (Å²) >= 11 is 0. The molecule has 0 atom stereocenters. The van der Waals surface area contributed by atoms with Crippen molar-refractivity contribution in [3.8, 4) is 0 Å². The number of hydrogen-bond donors (Lipinski definition) is 1. The topological polar surface area (TPSA) is 83.6 Å². The summed E-state index contributed by atoms with van der Waals surface area (Å²) < 4.78 is 67.2. The molecule has 0 spiro atoms. The van der Waals surface area contributed by atoms with Crippen LogP contribution < -0.4 is 9.03 Å². The molecule has 1 heterocycles. The van der Waals surface area contributed by atoms with E-state index in [1.807, 2.05) is 0 Å². The van der Waals surface area contributed by atoms with E-state index >= 15 is 0 Å². The van der Waals surface area contributed by atoms with E-state index in [1.54, 1.807) is 19.1 Å². The highest BCUT2D eigenvalue weighted by Crippen LogP contribution is 2.33. The third-order valence-electron chi connectivity index (χ3n) is 4.32. The number of aryl methyl sites for hydroxylation is 1. The zero-order valence-electron chi connectivity index (χ0n) is 14.9. The van der Waals surface area contributed by atoms with Gasteiger partial charge in [0.25, 0.3) is 10.0 Å². The number of nitrogens with one attached hydrogen (secondary N) is 1. The summed E-state index contributed by atoms with van der Waals surface area (Å²) in [5, 5.41) is 0. The molecule has 0 saturated carbocycles. The van der Waals surface area contributed by atoms with E-state index in [-0.39, 0.29) is 16.3 Å². The summed E-state index contributed by atoms with van der Waals surface area (Å²) in [6.07, 6.45) is 1.94. The Morgan fingerprint density at radius 1 is 1.11 bits per heavy atom. The maximum Gasteiger partial charge on any atom is 0.261 e. The van der Waals surface area contributed by atoms with Crippen LogP contribution in [0.2, 0.25) is 0 Å². The van der Waals surface area contributed by atoms with Crippen LogP contribution in [0.25, 0.3) is 0 Å². The third-order valence-corrected chi connectivity index (χ3v) is 7.67. The molecule has 0 saturated heterocycles. The highest BCUT2D eigenvalue weighted by molar-refractivity contribution is 7.93. The van der Waals surface area contributed by atoms with E-state index in [1.165, 1.54) is 22.5 Å². The fourth-order valence-corrected chi connectivity index (χ4v) is 5.80. The van der Waals surface area contributed by atoms with Gasteiger partial charge in [0.15, 0.2) is 0 Å². The quantitative estimate of drug-likeness (QED) is 0.790. The Balaban J connectivity index is 1.95. The number of rotatable bonds is 6. The minimum atomic E-state index is -3.98. The van der Waals surface area contributed by atoms with Crippen molar-refractivity contribution in [2.24, 2.45) is 0 Å². The van der Waals surface area contributed by atoms with Crippen molar-refractivity contribution in [1.29, 1.82) is 0 Å². The Morgan fingerprint density at radius 2 is 1.89 bits per heavy atom. The van der Waals surface area contributed by atoms with Crippen LogP contribution in [0.5, 0.6) is 0 Å². The van der Waals surface area contributed by atoms with Crippen molar-refractivity contribution in [1.82, 2.24) is 0 Å². The number of halogens is 1. The van der Waals surface area contributed by atoms with Gasteiger partial charge in [-0.1, -0.05) is 19.1 Å². The number of benzene rings is 2. The molecule has 146 valence electrons.